The van der Waals surface area contributed by atoms with Crippen molar-refractivity contribution in [2.45, 2.75) is 0 Å². The van der Waals surface area contributed by atoms with Crippen molar-refractivity contribution in [2.24, 2.45) is 0 Å². The van der Waals surface area contributed by atoms with E-state index in [1.54, 1.807) is 30.3 Å². The molecule has 0 saturated carbocycles. The van der Waals surface area contributed by atoms with Crippen LogP contribution in [-0.4, -0.2) is 28.0 Å². The van der Waals surface area contributed by atoms with Gasteiger partial charge in [0.15, 0.2) is 0 Å². The van der Waals surface area contributed by atoms with Crippen LogP contribution in [-0.2, 0) is 4.74 Å². The molecule has 0 bridgehead atoms. The van der Waals surface area contributed by atoms with E-state index in [4.69, 9.17) is 10.00 Å². The lowest BCUT2D eigenvalue weighted by atomic mass is 10.2. The van der Waals surface area contributed by atoms with Gasteiger partial charge in [-0.15, -0.1) is 0 Å². The van der Waals surface area contributed by atoms with Crippen LogP contribution in [0.2, 0.25) is 0 Å². The molecule has 108 valence electrons. The van der Waals surface area contributed by atoms with Crippen molar-refractivity contribution >= 4 is 17.0 Å². The summed E-state index contributed by atoms with van der Waals surface area (Å²) in [5.74, 6) is 0.117. The number of aromatic amines is 1. The number of esters is 1. The van der Waals surface area contributed by atoms with Gasteiger partial charge in [0.1, 0.15) is 29.5 Å². The number of carbonyl (C=O) groups is 1. The van der Waals surface area contributed by atoms with Gasteiger partial charge >= 0.3 is 5.97 Å². The van der Waals surface area contributed by atoms with Crippen LogP contribution in [0.25, 0.3) is 11.0 Å². The zero-order valence-corrected chi connectivity index (χ0v) is 11.5. The Morgan fingerprint density at radius 2 is 2.14 bits per heavy atom. The molecule has 0 atom stereocenters. The third-order valence-corrected chi connectivity index (χ3v) is 3.01. The first kappa shape index (κ1) is 13.6. The number of nitriles is 1. The number of hydrogen-bond donors (Lipinski definition) is 1. The quantitative estimate of drug-likeness (QED) is 0.744. The Balaban J connectivity index is 2.06. The van der Waals surface area contributed by atoms with Crippen molar-refractivity contribution in [3.8, 4) is 17.7 Å². The van der Waals surface area contributed by atoms with Crippen LogP contribution >= 0.6 is 0 Å². The van der Waals surface area contributed by atoms with Gasteiger partial charge in [-0.05, 0) is 18.2 Å². The summed E-state index contributed by atoms with van der Waals surface area (Å²) in [6.45, 7) is 0. The fourth-order valence-corrected chi connectivity index (χ4v) is 1.97. The molecular weight excluding hydrogens is 284 g/mol. The second-order valence-corrected chi connectivity index (χ2v) is 4.33. The molecular formula is C15H10N4O3. The van der Waals surface area contributed by atoms with Crippen molar-refractivity contribution in [3.05, 3.63) is 47.9 Å². The third kappa shape index (κ3) is 2.33. The molecule has 1 N–H and O–H groups in total. The minimum Gasteiger partial charge on any atom is -0.464 e. The predicted molar refractivity (Wildman–Crippen MR) is 76.5 cm³/mol. The first-order valence-corrected chi connectivity index (χ1v) is 6.32. The Hall–Kier alpha value is -3.40. The van der Waals surface area contributed by atoms with Crippen LogP contribution in [0.5, 0.6) is 11.6 Å². The highest BCUT2D eigenvalue weighted by Gasteiger charge is 2.15. The number of nitrogens with zero attached hydrogens (tertiary/aromatic N) is 3. The van der Waals surface area contributed by atoms with Gasteiger partial charge in [-0.3, -0.25) is 0 Å². The summed E-state index contributed by atoms with van der Waals surface area (Å²) < 4.78 is 10.4. The van der Waals surface area contributed by atoms with E-state index in [-0.39, 0.29) is 11.6 Å². The molecule has 3 aromatic rings. The summed E-state index contributed by atoms with van der Waals surface area (Å²) in [5.41, 5.74) is 1.08. The van der Waals surface area contributed by atoms with Gasteiger partial charge in [0.25, 0.3) is 0 Å². The Morgan fingerprint density at radius 1 is 1.32 bits per heavy atom. The maximum atomic E-state index is 11.6. The zero-order chi connectivity index (χ0) is 15.5. The fraction of sp³-hybridized carbons (Fsp3) is 0.0667. The molecule has 0 spiro atoms. The summed E-state index contributed by atoms with van der Waals surface area (Å²) in [6.07, 6.45) is 1.31. The van der Waals surface area contributed by atoms with Gasteiger partial charge < -0.3 is 14.5 Å². The summed E-state index contributed by atoms with van der Waals surface area (Å²) in [5, 5.41) is 9.61. The van der Waals surface area contributed by atoms with E-state index >= 15 is 0 Å². The Morgan fingerprint density at radius 3 is 2.91 bits per heavy atom. The van der Waals surface area contributed by atoms with E-state index in [2.05, 4.69) is 19.7 Å². The van der Waals surface area contributed by atoms with Crippen molar-refractivity contribution in [1.29, 1.82) is 5.26 Å². The topological polar surface area (TPSA) is 101 Å². The number of benzene rings is 1. The highest BCUT2D eigenvalue weighted by atomic mass is 16.5. The largest absolute Gasteiger partial charge is 0.464 e. The van der Waals surface area contributed by atoms with E-state index in [0.29, 0.717) is 22.3 Å². The number of methoxy groups -OCH3 is 1. The number of nitrogens with one attached hydrogen (secondary N) is 1. The van der Waals surface area contributed by atoms with Gasteiger partial charge in [-0.25, -0.2) is 14.8 Å². The lowest BCUT2D eigenvalue weighted by Gasteiger charge is -2.06. The van der Waals surface area contributed by atoms with Crippen LogP contribution in [0.4, 0.5) is 0 Å². The molecule has 0 radical (unpaired) electrons. The zero-order valence-electron chi connectivity index (χ0n) is 11.5. The summed E-state index contributed by atoms with van der Waals surface area (Å²) >= 11 is 0. The highest BCUT2D eigenvalue weighted by Crippen LogP contribution is 2.29. The molecule has 0 amide bonds. The Bertz CT molecular complexity index is 895. The lowest BCUT2D eigenvalue weighted by molar-refractivity contribution is 0.0595. The molecule has 0 saturated heterocycles. The molecule has 2 aromatic heterocycles. The molecule has 0 aliphatic heterocycles. The van der Waals surface area contributed by atoms with E-state index in [9.17, 15) is 4.79 Å². The number of aromatic nitrogens is 3. The van der Waals surface area contributed by atoms with E-state index in [1.165, 1.54) is 13.4 Å². The number of rotatable bonds is 3. The number of H-pyrrole nitrogens is 1. The second kappa shape index (κ2) is 5.54. The number of fused-ring (bicyclic) bond motifs is 1. The second-order valence-electron chi connectivity index (χ2n) is 4.33. The van der Waals surface area contributed by atoms with Gasteiger partial charge in [0, 0.05) is 0 Å². The van der Waals surface area contributed by atoms with E-state index in [0.717, 1.165) is 0 Å². The van der Waals surface area contributed by atoms with Crippen LogP contribution in [0.3, 0.4) is 0 Å². The van der Waals surface area contributed by atoms with Gasteiger partial charge in [0.2, 0.25) is 5.88 Å². The molecule has 1 aromatic carbocycles. The third-order valence-electron chi connectivity index (χ3n) is 3.01. The standard InChI is InChI=1S/C15H10N4O3/c1-21-15(20)11-6-10-13(19-11)17-8-18-14(10)22-12-5-3-2-4-9(12)7-16/h2-6,8H,1H3,(H,17,18,19). The van der Waals surface area contributed by atoms with Crippen LogP contribution in [0, 0.1) is 11.3 Å². The Kier molecular flexibility index (Phi) is 3.42. The fourth-order valence-electron chi connectivity index (χ4n) is 1.97. The summed E-state index contributed by atoms with van der Waals surface area (Å²) in [7, 11) is 1.29. The molecule has 7 nitrogen and oxygen atoms in total. The monoisotopic (exact) mass is 294 g/mol. The van der Waals surface area contributed by atoms with Gasteiger partial charge in [-0.2, -0.15) is 5.26 Å². The van der Waals surface area contributed by atoms with Gasteiger partial charge in [-0.1, -0.05) is 12.1 Å². The SMILES string of the molecule is COC(=O)c1cc2c(Oc3ccccc3C#N)ncnc2[nH]1. The van der Waals surface area contributed by atoms with Crippen molar-refractivity contribution in [2.75, 3.05) is 7.11 Å². The van der Waals surface area contributed by atoms with Crippen LogP contribution in [0.1, 0.15) is 16.1 Å². The number of ether oxygens (including phenoxy) is 2. The van der Waals surface area contributed by atoms with Crippen molar-refractivity contribution in [1.82, 2.24) is 15.0 Å². The summed E-state index contributed by atoms with van der Waals surface area (Å²) in [4.78, 5) is 22.5. The van der Waals surface area contributed by atoms with Crippen LogP contribution < -0.4 is 4.74 Å². The first-order chi connectivity index (χ1) is 10.7. The average Bonchev–Trinajstić information content (AvgIpc) is 3.00. The predicted octanol–water partition coefficient (Wildman–Crippen LogP) is 2.41. The van der Waals surface area contributed by atoms with Crippen molar-refractivity contribution < 1.29 is 14.3 Å². The van der Waals surface area contributed by atoms with E-state index < -0.39 is 5.97 Å². The normalized spacial score (nSPS) is 10.2. The Labute approximate surface area is 125 Å². The molecule has 22 heavy (non-hydrogen) atoms. The van der Waals surface area contributed by atoms with E-state index in [1.807, 2.05) is 6.07 Å². The number of hydrogen-bond acceptors (Lipinski definition) is 6. The smallest absolute Gasteiger partial charge is 0.354 e. The molecule has 2 heterocycles. The molecule has 3 rings (SSSR count). The molecule has 0 unspecified atom stereocenters. The average molecular weight is 294 g/mol. The highest BCUT2D eigenvalue weighted by molar-refractivity contribution is 5.95. The van der Waals surface area contributed by atoms with Crippen LogP contribution in [0.15, 0.2) is 36.7 Å². The maximum Gasteiger partial charge on any atom is 0.354 e. The molecule has 0 aliphatic rings. The summed E-state index contributed by atoms with van der Waals surface area (Å²) in [6, 6.07) is 10.4. The minimum absolute atomic E-state index is 0.247. The maximum absolute atomic E-state index is 11.6. The minimum atomic E-state index is -0.513. The van der Waals surface area contributed by atoms with Crippen molar-refractivity contribution in [3.63, 3.8) is 0 Å². The molecule has 0 aliphatic carbocycles. The first-order valence-electron chi connectivity index (χ1n) is 6.32. The lowest BCUT2D eigenvalue weighted by Crippen LogP contribution is -2.00. The number of para-hydroxylation sites is 1. The molecule has 0 fully saturated rings. The van der Waals surface area contributed by atoms with Gasteiger partial charge in [0.05, 0.1) is 18.1 Å². The number of carbonyl (C=O) groups excluding carboxylic acids is 1. The molecule has 7 heteroatoms.